The lowest BCUT2D eigenvalue weighted by atomic mass is 10.1. The van der Waals surface area contributed by atoms with Crippen LogP contribution in [0.25, 0.3) is 0 Å². The first kappa shape index (κ1) is 15.3. The van der Waals surface area contributed by atoms with Crippen molar-refractivity contribution < 1.29 is 9.90 Å². The maximum absolute atomic E-state index is 12.1. The number of nitrogens with zero attached hydrogens (tertiary/aromatic N) is 1. The number of halogens is 1. The summed E-state index contributed by atoms with van der Waals surface area (Å²) >= 11 is 3.34. The van der Waals surface area contributed by atoms with Gasteiger partial charge >= 0.3 is 0 Å². The number of likely N-dealkylation sites (N-methyl/N-ethyl adjacent to an activating group) is 1. The average Bonchev–Trinajstić information content (AvgIpc) is 2.27. The monoisotopic (exact) mass is 313 g/mol. The van der Waals surface area contributed by atoms with Crippen LogP contribution in [0.1, 0.15) is 31.1 Å². The predicted octanol–water partition coefficient (Wildman–Crippen LogP) is 2.72. The molecule has 0 fully saturated rings. The highest BCUT2D eigenvalue weighted by Gasteiger charge is 2.19. The molecule has 0 saturated heterocycles. The molecule has 100 valence electrons. The van der Waals surface area contributed by atoms with E-state index in [1.54, 1.807) is 13.8 Å². The molecule has 0 heterocycles. The highest BCUT2D eigenvalue weighted by molar-refractivity contribution is 9.10. The van der Waals surface area contributed by atoms with Crippen molar-refractivity contribution in [2.45, 2.75) is 26.4 Å². The molecule has 0 aromatic heterocycles. The number of benzene rings is 1. The summed E-state index contributed by atoms with van der Waals surface area (Å²) in [7, 11) is 0. The Kier molecular flexibility index (Phi) is 5.50. The van der Waals surface area contributed by atoms with Crippen LogP contribution in [0.4, 0.5) is 0 Å². The molecule has 1 aromatic rings. The molecule has 0 amide bonds. The van der Waals surface area contributed by atoms with E-state index in [-0.39, 0.29) is 5.78 Å². The lowest BCUT2D eigenvalue weighted by molar-refractivity contribution is 0.0376. The second-order valence-corrected chi connectivity index (χ2v) is 5.96. The van der Waals surface area contributed by atoms with Crippen molar-refractivity contribution in [3.05, 3.63) is 34.3 Å². The fourth-order valence-corrected chi connectivity index (χ4v) is 2.02. The van der Waals surface area contributed by atoms with Crippen LogP contribution in [0.5, 0.6) is 0 Å². The van der Waals surface area contributed by atoms with Crippen molar-refractivity contribution in [2.75, 3.05) is 19.6 Å². The van der Waals surface area contributed by atoms with Crippen LogP contribution in [0.15, 0.2) is 28.7 Å². The molecular weight excluding hydrogens is 294 g/mol. The van der Waals surface area contributed by atoms with Crippen molar-refractivity contribution >= 4 is 21.7 Å². The number of carbonyl (C=O) groups excluding carboxylic acids is 1. The van der Waals surface area contributed by atoms with Gasteiger partial charge in [0.15, 0.2) is 5.78 Å². The lowest BCUT2D eigenvalue weighted by Gasteiger charge is -2.27. The van der Waals surface area contributed by atoms with Crippen LogP contribution in [0.3, 0.4) is 0 Å². The highest BCUT2D eigenvalue weighted by atomic mass is 79.9. The summed E-state index contributed by atoms with van der Waals surface area (Å²) < 4.78 is 0.961. The van der Waals surface area contributed by atoms with E-state index in [2.05, 4.69) is 15.9 Å². The minimum atomic E-state index is -0.782. The second-order valence-electron chi connectivity index (χ2n) is 5.05. The number of Topliss-reactive ketones (excluding diaryl/α,β-unsaturated/α-hetero) is 1. The van der Waals surface area contributed by atoms with Crippen LogP contribution < -0.4 is 0 Å². The number of hydrogen-bond donors (Lipinski definition) is 1. The van der Waals surface area contributed by atoms with Crippen molar-refractivity contribution in [1.29, 1.82) is 0 Å². The molecule has 1 rings (SSSR count). The molecule has 1 aromatic carbocycles. The normalized spacial score (nSPS) is 11.9. The molecule has 0 radical (unpaired) electrons. The van der Waals surface area contributed by atoms with Gasteiger partial charge in [0, 0.05) is 16.6 Å². The molecule has 0 aliphatic carbocycles. The van der Waals surface area contributed by atoms with Gasteiger partial charge in [-0.05, 0) is 32.5 Å². The highest BCUT2D eigenvalue weighted by Crippen LogP contribution is 2.12. The number of carbonyl (C=O) groups is 1. The van der Waals surface area contributed by atoms with E-state index in [0.29, 0.717) is 18.7 Å². The molecule has 0 aliphatic heterocycles. The average molecular weight is 314 g/mol. The Labute approximate surface area is 117 Å². The van der Waals surface area contributed by atoms with Crippen molar-refractivity contribution in [3.8, 4) is 0 Å². The summed E-state index contributed by atoms with van der Waals surface area (Å²) in [5.41, 5.74) is -0.0804. The molecule has 0 unspecified atom stereocenters. The van der Waals surface area contributed by atoms with Gasteiger partial charge in [0.05, 0.1) is 12.1 Å². The lowest BCUT2D eigenvalue weighted by Crippen LogP contribution is -2.41. The molecule has 18 heavy (non-hydrogen) atoms. The summed E-state index contributed by atoms with van der Waals surface area (Å²) in [4.78, 5) is 14.0. The summed E-state index contributed by atoms with van der Waals surface area (Å²) in [5.74, 6) is 0.0774. The molecule has 0 saturated carbocycles. The maximum atomic E-state index is 12.1. The largest absolute Gasteiger partial charge is 0.389 e. The molecule has 4 heteroatoms. The zero-order valence-electron chi connectivity index (χ0n) is 11.1. The topological polar surface area (TPSA) is 40.5 Å². The third-order valence-electron chi connectivity index (χ3n) is 2.59. The van der Waals surface area contributed by atoms with Crippen molar-refractivity contribution in [3.63, 3.8) is 0 Å². The predicted molar refractivity (Wildman–Crippen MR) is 76.9 cm³/mol. The zero-order valence-corrected chi connectivity index (χ0v) is 12.7. The van der Waals surface area contributed by atoms with Gasteiger partial charge in [-0.15, -0.1) is 0 Å². The van der Waals surface area contributed by atoms with Crippen LogP contribution in [-0.2, 0) is 0 Å². The summed E-state index contributed by atoms with van der Waals surface area (Å²) in [6, 6.07) is 7.34. The van der Waals surface area contributed by atoms with Gasteiger partial charge in [-0.25, -0.2) is 0 Å². The SMILES string of the molecule is CCN(CC(=O)c1ccc(Br)cc1)CC(C)(C)O. The third kappa shape index (κ3) is 5.29. The van der Waals surface area contributed by atoms with Gasteiger partial charge < -0.3 is 5.11 Å². The molecule has 3 nitrogen and oxygen atoms in total. The van der Waals surface area contributed by atoms with Crippen LogP contribution in [0, 0.1) is 0 Å². The molecule has 0 spiro atoms. The third-order valence-corrected chi connectivity index (χ3v) is 3.12. The smallest absolute Gasteiger partial charge is 0.176 e. The van der Waals surface area contributed by atoms with E-state index < -0.39 is 5.60 Å². The quantitative estimate of drug-likeness (QED) is 0.821. The van der Waals surface area contributed by atoms with E-state index in [1.165, 1.54) is 0 Å². The van der Waals surface area contributed by atoms with E-state index in [1.807, 2.05) is 36.1 Å². The number of ketones is 1. The molecule has 1 N–H and O–H groups in total. The standard InChI is InChI=1S/C14H20BrNO2/c1-4-16(10-14(2,3)18)9-13(17)11-5-7-12(15)8-6-11/h5-8,18H,4,9-10H2,1-3H3. The Hall–Kier alpha value is -0.710. The van der Waals surface area contributed by atoms with Crippen LogP contribution in [0.2, 0.25) is 0 Å². The number of hydrogen-bond acceptors (Lipinski definition) is 3. The minimum absolute atomic E-state index is 0.0774. The Morgan fingerprint density at radius 3 is 2.33 bits per heavy atom. The van der Waals surface area contributed by atoms with Gasteiger partial charge in [-0.3, -0.25) is 9.69 Å². The number of rotatable bonds is 6. The van der Waals surface area contributed by atoms with E-state index in [4.69, 9.17) is 0 Å². The van der Waals surface area contributed by atoms with Crippen LogP contribution >= 0.6 is 15.9 Å². The zero-order chi connectivity index (χ0) is 13.8. The first-order valence-corrected chi connectivity index (χ1v) is 6.84. The number of aliphatic hydroxyl groups is 1. The molecule has 0 bridgehead atoms. The summed E-state index contributed by atoms with van der Waals surface area (Å²) in [6.45, 7) is 7.06. The molecule has 0 aliphatic rings. The van der Waals surface area contributed by atoms with Gasteiger partial charge in [-0.1, -0.05) is 35.0 Å². The van der Waals surface area contributed by atoms with Crippen molar-refractivity contribution in [1.82, 2.24) is 4.90 Å². The maximum Gasteiger partial charge on any atom is 0.176 e. The van der Waals surface area contributed by atoms with Crippen LogP contribution in [-0.4, -0.2) is 41.0 Å². The van der Waals surface area contributed by atoms with Gasteiger partial charge in [0.1, 0.15) is 0 Å². The van der Waals surface area contributed by atoms with Gasteiger partial charge in [-0.2, -0.15) is 0 Å². The van der Waals surface area contributed by atoms with E-state index >= 15 is 0 Å². The fraction of sp³-hybridized carbons (Fsp3) is 0.500. The molecular formula is C14H20BrNO2. The van der Waals surface area contributed by atoms with Gasteiger partial charge in [0.2, 0.25) is 0 Å². The summed E-state index contributed by atoms with van der Waals surface area (Å²) in [5, 5.41) is 9.78. The first-order valence-electron chi connectivity index (χ1n) is 6.05. The fourth-order valence-electron chi connectivity index (χ4n) is 1.76. The Balaban J connectivity index is 2.65. The summed E-state index contributed by atoms with van der Waals surface area (Å²) in [6.07, 6.45) is 0. The Bertz CT molecular complexity index is 395. The first-order chi connectivity index (χ1) is 8.31. The van der Waals surface area contributed by atoms with Gasteiger partial charge in [0.25, 0.3) is 0 Å². The Morgan fingerprint density at radius 1 is 1.33 bits per heavy atom. The minimum Gasteiger partial charge on any atom is -0.389 e. The second kappa shape index (κ2) is 6.45. The van der Waals surface area contributed by atoms with E-state index in [0.717, 1.165) is 11.0 Å². The van der Waals surface area contributed by atoms with Crippen molar-refractivity contribution in [2.24, 2.45) is 0 Å². The molecule has 0 atom stereocenters. The Morgan fingerprint density at radius 2 is 1.89 bits per heavy atom. The van der Waals surface area contributed by atoms with E-state index in [9.17, 15) is 9.90 Å².